The monoisotopic (exact) mass is 1000 g/mol. The zero-order chi connectivity index (χ0) is 51.3. The summed E-state index contributed by atoms with van der Waals surface area (Å²) in [5.74, 6) is -1.54. The fourth-order valence-electron chi connectivity index (χ4n) is 7.14. The molecule has 0 aromatic carbocycles. The van der Waals surface area contributed by atoms with E-state index in [-0.39, 0.29) is 25.9 Å². The van der Waals surface area contributed by atoms with E-state index in [9.17, 15) is 28.9 Å². The molecule has 0 spiro atoms. The molecular weight excluding hydrogens is 904 g/mol. The van der Waals surface area contributed by atoms with E-state index in [1.807, 2.05) is 0 Å². The Hall–Kier alpha value is -3.34. The van der Waals surface area contributed by atoms with Crippen LogP contribution >= 0.6 is 7.82 Å². The molecule has 402 valence electrons. The van der Waals surface area contributed by atoms with Crippen LogP contribution in [-0.4, -0.2) is 66.5 Å². The van der Waals surface area contributed by atoms with Crippen LogP contribution in [0.25, 0.3) is 0 Å². The molecular formula is C58H99O11P. The van der Waals surface area contributed by atoms with Gasteiger partial charge < -0.3 is 24.2 Å². The first-order chi connectivity index (χ1) is 34.2. The Morgan fingerprint density at radius 2 is 0.743 bits per heavy atom. The van der Waals surface area contributed by atoms with Crippen LogP contribution in [0.5, 0.6) is 0 Å². The molecule has 0 amide bonds. The van der Waals surface area contributed by atoms with Gasteiger partial charge in [0.25, 0.3) is 0 Å². The van der Waals surface area contributed by atoms with E-state index < -0.39 is 57.8 Å². The van der Waals surface area contributed by atoms with Crippen LogP contribution in [0.4, 0.5) is 0 Å². The van der Waals surface area contributed by atoms with Gasteiger partial charge in [-0.15, -0.1) is 0 Å². The molecule has 0 aromatic heterocycles. The van der Waals surface area contributed by atoms with E-state index >= 15 is 0 Å². The number of carbonyl (C=O) groups excluding carboxylic acids is 3. The van der Waals surface area contributed by atoms with Crippen molar-refractivity contribution < 1.29 is 52.2 Å². The molecule has 0 aliphatic carbocycles. The fraction of sp³-hybridized carbons (Fsp3) is 0.707. The summed E-state index contributed by atoms with van der Waals surface area (Å²) >= 11 is 0. The van der Waals surface area contributed by atoms with Crippen molar-refractivity contribution in [3.8, 4) is 0 Å². The number of ether oxygens (including phenoxy) is 3. The topological polar surface area (TPSA) is 155 Å². The minimum atomic E-state index is -4.76. The molecule has 11 nitrogen and oxygen atoms in total. The summed E-state index contributed by atoms with van der Waals surface area (Å²) in [6, 6.07) is 0. The van der Waals surface area contributed by atoms with Crippen LogP contribution < -0.4 is 0 Å². The van der Waals surface area contributed by atoms with Gasteiger partial charge in [-0.1, -0.05) is 183 Å². The third-order valence-corrected chi connectivity index (χ3v) is 12.2. The van der Waals surface area contributed by atoms with Crippen molar-refractivity contribution in [2.45, 2.75) is 238 Å². The molecule has 0 aliphatic rings. The van der Waals surface area contributed by atoms with E-state index in [0.717, 1.165) is 109 Å². The Kier molecular flexibility index (Phi) is 49.5. The van der Waals surface area contributed by atoms with Crippen LogP contribution in [-0.2, 0) is 42.2 Å². The van der Waals surface area contributed by atoms with Crippen LogP contribution in [0.2, 0.25) is 0 Å². The van der Waals surface area contributed by atoms with Crippen molar-refractivity contribution in [1.29, 1.82) is 0 Å². The average Bonchev–Trinajstić information content (AvgIpc) is 3.35. The molecule has 3 unspecified atom stereocenters. The molecule has 0 fully saturated rings. The molecule has 70 heavy (non-hydrogen) atoms. The first-order valence-electron chi connectivity index (χ1n) is 27.5. The first kappa shape index (κ1) is 66.7. The third kappa shape index (κ3) is 49.6. The summed E-state index contributed by atoms with van der Waals surface area (Å²) in [5.41, 5.74) is 0. The van der Waals surface area contributed by atoms with Crippen LogP contribution in [0.1, 0.15) is 226 Å². The maximum absolute atomic E-state index is 12.9. The van der Waals surface area contributed by atoms with Crippen molar-refractivity contribution in [2.24, 2.45) is 0 Å². The second kappa shape index (κ2) is 52.0. The maximum Gasteiger partial charge on any atom is 0.472 e. The van der Waals surface area contributed by atoms with Gasteiger partial charge in [-0.2, -0.15) is 0 Å². The maximum atomic E-state index is 12.9. The minimum absolute atomic E-state index is 0.137. The number of allylic oxidation sites excluding steroid dienone is 14. The lowest BCUT2D eigenvalue weighted by Crippen LogP contribution is -2.30. The van der Waals surface area contributed by atoms with Crippen LogP contribution in [0.15, 0.2) is 85.1 Å². The molecule has 3 atom stereocenters. The number of unbranched alkanes of at least 4 members (excludes halogenated alkanes) is 19. The Bertz CT molecular complexity index is 1500. The zero-order valence-electron chi connectivity index (χ0n) is 44.2. The van der Waals surface area contributed by atoms with Gasteiger partial charge in [-0.05, 0) is 109 Å². The van der Waals surface area contributed by atoms with Gasteiger partial charge in [0.1, 0.15) is 12.7 Å². The van der Waals surface area contributed by atoms with Gasteiger partial charge in [0.2, 0.25) is 0 Å². The number of aliphatic hydroxyl groups excluding tert-OH is 1. The molecule has 0 aliphatic heterocycles. The normalized spacial score (nSPS) is 14.1. The number of carbonyl (C=O) groups is 3. The third-order valence-electron chi connectivity index (χ3n) is 11.3. The highest BCUT2D eigenvalue weighted by Crippen LogP contribution is 2.43. The average molecular weight is 1000 g/mol. The van der Waals surface area contributed by atoms with Crippen LogP contribution in [0.3, 0.4) is 0 Å². The van der Waals surface area contributed by atoms with Gasteiger partial charge in [0.15, 0.2) is 6.10 Å². The molecule has 0 saturated carbocycles. The second-order valence-corrected chi connectivity index (χ2v) is 19.4. The number of rotatable bonds is 50. The number of phosphoric acid groups is 1. The second-order valence-electron chi connectivity index (χ2n) is 18.0. The van der Waals surface area contributed by atoms with Gasteiger partial charge in [-0.3, -0.25) is 23.4 Å². The summed E-state index contributed by atoms with van der Waals surface area (Å²) in [6.07, 6.45) is 58.4. The van der Waals surface area contributed by atoms with Crippen molar-refractivity contribution in [3.05, 3.63) is 85.1 Å². The van der Waals surface area contributed by atoms with E-state index in [1.54, 1.807) is 0 Å². The quantitative estimate of drug-likeness (QED) is 0.0197. The Balaban J connectivity index is 4.79. The van der Waals surface area contributed by atoms with Crippen molar-refractivity contribution in [3.63, 3.8) is 0 Å². The molecule has 0 bridgehead atoms. The molecule has 0 heterocycles. The molecule has 12 heteroatoms. The minimum Gasteiger partial charge on any atom is -0.462 e. The lowest BCUT2D eigenvalue weighted by Gasteiger charge is -2.21. The zero-order valence-corrected chi connectivity index (χ0v) is 45.1. The molecule has 0 radical (unpaired) electrons. The molecule has 0 aromatic rings. The van der Waals surface area contributed by atoms with Gasteiger partial charge >= 0.3 is 25.7 Å². The van der Waals surface area contributed by atoms with Gasteiger partial charge in [-0.25, -0.2) is 4.57 Å². The Morgan fingerprint density at radius 3 is 1.17 bits per heavy atom. The summed E-state index contributed by atoms with van der Waals surface area (Å²) < 4.78 is 39.4. The number of esters is 3. The number of hydrogen-bond acceptors (Lipinski definition) is 10. The van der Waals surface area contributed by atoms with Crippen LogP contribution in [0, 0.1) is 0 Å². The van der Waals surface area contributed by atoms with Crippen molar-refractivity contribution in [2.75, 3.05) is 26.4 Å². The largest absolute Gasteiger partial charge is 0.472 e. The summed E-state index contributed by atoms with van der Waals surface area (Å²) in [7, 11) is -4.76. The lowest BCUT2D eigenvalue weighted by molar-refractivity contribution is -0.161. The van der Waals surface area contributed by atoms with E-state index in [2.05, 4.69) is 106 Å². The van der Waals surface area contributed by atoms with E-state index in [1.165, 1.54) is 57.8 Å². The number of aliphatic hydroxyl groups is 1. The fourth-order valence-corrected chi connectivity index (χ4v) is 7.93. The standard InChI is InChI=1S/C58H99O11P/c1-4-7-10-13-16-19-22-25-26-27-28-31-34-37-40-43-46-49-58(62)69-55(51-65-56(60)47-44-41-38-35-32-29-23-20-17-14-11-8-5-2)53-67-70(63,64)66-52-54(50-59)68-57(61)48-45-42-39-36-33-30-24-21-18-15-12-9-6-3/h8-9,11-12,17-18,20-21,25-26,29-30,32-33,54-55,59H,4-7,10,13-16,19,22-24,27-28,31,34-53H2,1-3H3,(H,63,64)/b11-8-,12-9-,20-17-,21-18-,26-25-,32-29-,33-30-. The highest BCUT2D eigenvalue weighted by Gasteiger charge is 2.28. The number of hydrogen-bond donors (Lipinski definition) is 2. The van der Waals surface area contributed by atoms with E-state index in [4.69, 9.17) is 23.3 Å². The highest BCUT2D eigenvalue weighted by atomic mass is 31.2. The molecule has 2 N–H and O–H groups in total. The highest BCUT2D eigenvalue weighted by molar-refractivity contribution is 7.47. The Morgan fingerprint density at radius 1 is 0.414 bits per heavy atom. The van der Waals surface area contributed by atoms with Crippen molar-refractivity contribution in [1.82, 2.24) is 0 Å². The Labute approximate surface area is 426 Å². The van der Waals surface area contributed by atoms with Gasteiger partial charge in [0, 0.05) is 19.3 Å². The predicted octanol–water partition coefficient (Wildman–Crippen LogP) is 15.9. The summed E-state index contributed by atoms with van der Waals surface area (Å²) in [4.78, 5) is 48.4. The first-order valence-corrected chi connectivity index (χ1v) is 29.0. The lowest BCUT2D eigenvalue weighted by atomic mass is 10.1. The molecule has 0 saturated heterocycles. The summed E-state index contributed by atoms with van der Waals surface area (Å²) in [6.45, 7) is 4.33. The smallest absolute Gasteiger partial charge is 0.462 e. The summed E-state index contributed by atoms with van der Waals surface area (Å²) in [5, 5.41) is 9.78. The van der Waals surface area contributed by atoms with Gasteiger partial charge in [0.05, 0.1) is 19.8 Å². The number of phosphoric ester groups is 1. The predicted molar refractivity (Wildman–Crippen MR) is 288 cm³/mol. The van der Waals surface area contributed by atoms with Crippen molar-refractivity contribution >= 4 is 25.7 Å². The molecule has 0 rings (SSSR count). The van der Waals surface area contributed by atoms with E-state index in [0.29, 0.717) is 19.3 Å². The SMILES string of the molecule is CC/C=C\C/C=C\C/C=C\CCCCCC(=O)OCC(COP(=O)(O)OCC(CO)OC(=O)CCCCC/C=C\C/C=C\C/C=C\CC)OC(=O)CCCCCCCCC/C=C\CCCCCCCC.